The molecule has 84 valence electrons. The quantitative estimate of drug-likeness (QED) is 0.636. The molecule has 0 aromatic heterocycles. The first kappa shape index (κ1) is 12.0. The van der Waals surface area contributed by atoms with Crippen LogP contribution in [0.4, 0.5) is 0 Å². The van der Waals surface area contributed by atoms with Crippen molar-refractivity contribution < 1.29 is 0 Å². The predicted octanol–water partition coefficient (Wildman–Crippen LogP) is 2.24. The van der Waals surface area contributed by atoms with Crippen LogP contribution in [0, 0.1) is 5.92 Å². The average molecular weight is 198 g/mol. The molecule has 0 aromatic carbocycles. The van der Waals surface area contributed by atoms with Gasteiger partial charge >= 0.3 is 0 Å². The summed E-state index contributed by atoms with van der Waals surface area (Å²) in [6.07, 6.45) is 8.30. The van der Waals surface area contributed by atoms with Crippen LogP contribution in [-0.2, 0) is 0 Å². The highest BCUT2D eigenvalue weighted by atomic mass is 15.1. The number of unbranched alkanes of at least 4 members (excludes halogenated alkanes) is 4. The summed E-state index contributed by atoms with van der Waals surface area (Å²) in [4.78, 5) is 2.59. The second kappa shape index (κ2) is 7.24. The number of nitrogens with two attached hydrogens (primary N) is 1. The topological polar surface area (TPSA) is 29.3 Å². The number of rotatable bonds is 7. The fourth-order valence-electron chi connectivity index (χ4n) is 2.25. The minimum atomic E-state index is 0.783. The Morgan fingerprint density at radius 2 is 2.00 bits per heavy atom. The van der Waals surface area contributed by atoms with Crippen LogP contribution in [0.1, 0.15) is 45.4 Å². The van der Waals surface area contributed by atoms with Gasteiger partial charge in [-0.05, 0) is 38.4 Å². The summed E-state index contributed by atoms with van der Waals surface area (Å²) in [7, 11) is 0. The van der Waals surface area contributed by atoms with Crippen LogP contribution in [0.2, 0.25) is 0 Å². The Balaban J connectivity index is 1.92. The minimum absolute atomic E-state index is 0.783. The number of likely N-dealkylation sites (tertiary alicyclic amines) is 1. The van der Waals surface area contributed by atoms with E-state index < -0.39 is 0 Å². The maximum Gasteiger partial charge on any atom is 0.00222 e. The van der Waals surface area contributed by atoms with E-state index in [0.717, 1.165) is 12.5 Å². The van der Waals surface area contributed by atoms with E-state index in [1.165, 1.54) is 58.2 Å². The molecule has 0 amide bonds. The summed E-state index contributed by atoms with van der Waals surface area (Å²) in [5.74, 6) is 0.783. The molecule has 0 aromatic rings. The van der Waals surface area contributed by atoms with Gasteiger partial charge in [0.05, 0.1) is 0 Å². The van der Waals surface area contributed by atoms with Crippen molar-refractivity contribution in [3.05, 3.63) is 0 Å². The fraction of sp³-hybridized carbons (Fsp3) is 1.00. The number of nitrogens with zero attached hydrogens (tertiary/aromatic N) is 1. The monoisotopic (exact) mass is 198 g/mol. The molecule has 1 aliphatic rings. The molecular weight excluding hydrogens is 172 g/mol. The van der Waals surface area contributed by atoms with Crippen LogP contribution in [-0.4, -0.2) is 31.1 Å². The maximum atomic E-state index is 5.66. The molecule has 1 saturated heterocycles. The van der Waals surface area contributed by atoms with Gasteiger partial charge in [-0.25, -0.2) is 0 Å². The zero-order valence-electron chi connectivity index (χ0n) is 9.67. The van der Waals surface area contributed by atoms with E-state index in [-0.39, 0.29) is 0 Å². The van der Waals surface area contributed by atoms with Crippen LogP contribution in [0.15, 0.2) is 0 Å². The summed E-state index contributed by atoms with van der Waals surface area (Å²) >= 11 is 0. The first-order chi connectivity index (χ1) is 6.86. The average Bonchev–Trinajstić information content (AvgIpc) is 2.65. The van der Waals surface area contributed by atoms with Gasteiger partial charge in [0.25, 0.3) is 0 Å². The molecule has 2 heteroatoms. The Kier molecular flexibility index (Phi) is 6.20. The zero-order valence-corrected chi connectivity index (χ0v) is 9.67. The van der Waals surface area contributed by atoms with Crippen LogP contribution in [0.3, 0.4) is 0 Å². The second-order valence-electron chi connectivity index (χ2n) is 4.61. The molecule has 2 N–H and O–H groups in total. The van der Waals surface area contributed by atoms with Gasteiger partial charge in [-0.15, -0.1) is 0 Å². The van der Waals surface area contributed by atoms with Gasteiger partial charge in [0.2, 0.25) is 0 Å². The molecular formula is C12H26N2. The molecule has 1 unspecified atom stereocenters. The van der Waals surface area contributed by atoms with Gasteiger partial charge in [0.1, 0.15) is 0 Å². The Bertz CT molecular complexity index is 136. The van der Waals surface area contributed by atoms with Crippen molar-refractivity contribution in [3.8, 4) is 0 Å². The van der Waals surface area contributed by atoms with Crippen molar-refractivity contribution in [2.75, 3.05) is 26.2 Å². The van der Waals surface area contributed by atoms with Crippen LogP contribution < -0.4 is 5.73 Å². The highest BCUT2D eigenvalue weighted by molar-refractivity contribution is 4.75. The molecule has 0 aliphatic carbocycles. The van der Waals surface area contributed by atoms with Gasteiger partial charge in [-0.2, -0.15) is 0 Å². The summed E-state index contributed by atoms with van der Waals surface area (Å²) in [6, 6.07) is 0. The largest absolute Gasteiger partial charge is 0.330 e. The molecule has 0 spiro atoms. The molecule has 1 aliphatic heterocycles. The third-order valence-electron chi connectivity index (χ3n) is 3.28. The lowest BCUT2D eigenvalue weighted by molar-refractivity contribution is 0.315. The van der Waals surface area contributed by atoms with Crippen molar-refractivity contribution in [2.24, 2.45) is 11.7 Å². The van der Waals surface area contributed by atoms with Crippen LogP contribution in [0.5, 0.6) is 0 Å². The summed E-state index contributed by atoms with van der Waals surface area (Å²) in [5.41, 5.74) is 5.66. The zero-order chi connectivity index (χ0) is 10.2. The van der Waals surface area contributed by atoms with Crippen molar-refractivity contribution >= 4 is 0 Å². The highest BCUT2D eigenvalue weighted by Crippen LogP contribution is 2.15. The van der Waals surface area contributed by atoms with E-state index in [2.05, 4.69) is 11.8 Å². The first-order valence-corrected chi connectivity index (χ1v) is 6.29. The molecule has 1 heterocycles. The molecule has 1 atom stereocenters. The molecule has 0 saturated carbocycles. The molecule has 2 nitrogen and oxygen atoms in total. The Labute approximate surface area is 88.8 Å². The van der Waals surface area contributed by atoms with Crippen molar-refractivity contribution in [1.82, 2.24) is 4.90 Å². The van der Waals surface area contributed by atoms with E-state index in [9.17, 15) is 0 Å². The van der Waals surface area contributed by atoms with Gasteiger partial charge in [-0.3, -0.25) is 0 Å². The lowest BCUT2D eigenvalue weighted by Gasteiger charge is -2.15. The molecule has 1 rings (SSSR count). The minimum Gasteiger partial charge on any atom is -0.330 e. The molecule has 0 bridgehead atoms. The SMILES string of the molecule is CCCCCCCN1CCC(CN)C1. The van der Waals surface area contributed by atoms with Gasteiger partial charge in [-0.1, -0.05) is 32.6 Å². The Morgan fingerprint density at radius 3 is 2.64 bits per heavy atom. The summed E-state index contributed by atoms with van der Waals surface area (Å²) in [6.45, 7) is 7.00. The van der Waals surface area contributed by atoms with Crippen molar-refractivity contribution in [2.45, 2.75) is 45.4 Å². The smallest absolute Gasteiger partial charge is 0.00222 e. The fourth-order valence-corrected chi connectivity index (χ4v) is 2.25. The maximum absolute atomic E-state index is 5.66. The van der Waals surface area contributed by atoms with Gasteiger partial charge < -0.3 is 10.6 Å². The van der Waals surface area contributed by atoms with E-state index >= 15 is 0 Å². The third-order valence-corrected chi connectivity index (χ3v) is 3.28. The van der Waals surface area contributed by atoms with E-state index in [1.54, 1.807) is 0 Å². The standard InChI is InChI=1S/C12H26N2/c1-2-3-4-5-6-8-14-9-7-12(10-13)11-14/h12H,2-11,13H2,1H3. The molecule has 1 fully saturated rings. The Hall–Kier alpha value is -0.0800. The predicted molar refractivity (Wildman–Crippen MR) is 62.4 cm³/mol. The van der Waals surface area contributed by atoms with Crippen molar-refractivity contribution in [1.29, 1.82) is 0 Å². The molecule has 0 radical (unpaired) electrons. The van der Waals surface area contributed by atoms with Gasteiger partial charge in [0.15, 0.2) is 0 Å². The lowest BCUT2D eigenvalue weighted by Crippen LogP contribution is -2.24. The normalized spacial score (nSPS) is 23.1. The van der Waals surface area contributed by atoms with Gasteiger partial charge in [0, 0.05) is 6.54 Å². The molecule has 14 heavy (non-hydrogen) atoms. The number of hydrogen-bond donors (Lipinski definition) is 1. The Morgan fingerprint density at radius 1 is 1.21 bits per heavy atom. The van der Waals surface area contributed by atoms with E-state index in [4.69, 9.17) is 5.73 Å². The highest BCUT2D eigenvalue weighted by Gasteiger charge is 2.19. The third kappa shape index (κ3) is 4.43. The first-order valence-electron chi connectivity index (χ1n) is 6.29. The second-order valence-corrected chi connectivity index (χ2v) is 4.61. The van der Waals surface area contributed by atoms with E-state index in [1.807, 2.05) is 0 Å². The van der Waals surface area contributed by atoms with Crippen LogP contribution in [0.25, 0.3) is 0 Å². The van der Waals surface area contributed by atoms with Crippen LogP contribution >= 0.6 is 0 Å². The summed E-state index contributed by atoms with van der Waals surface area (Å²) < 4.78 is 0. The van der Waals surface area contributed by atoms with Crippen molar-refractivity contribution in [3.63, 3.8) is 0 Å². The summed E-state index contributed by atoms with van der Waals surface area (Å²) in [5, 5.41) is 0. The van der Waals surface area contributed by atoms with E-state index in [0.29, 0.717) is 0 Å². The lowest BCUT2D eigenvalue weighted by atomic mass is 10.1. The number of hydrogen-bond acceptors (Lipinski definition) is 2.